The van der Waals surface area contributed by atoms with Crippen molar-refractivity contribution >= 4 is 43.1 Å². The van der Waals surface area contributed by atoms with E-state index in [1.165, 1.54) is 24.3 Å². The Hall–Kier alpha value is -4.16. The van der Waals surface area contributed by atoms with Gasteiger partial charge in [-0.3, -0.25) is 0 Å². The maximum absolute atomic E-state index is 13.8. The maximum Gasteiger partial charge on any atom is 0.206 e. The van der Waals surface area contributed by atoms with Crippen LogP contribution in [0.4, 0.5) is 8.78 Å². The molecule has 0 fully saturated rings. The number of benzene rings is 3. The molecule has 130 valence electrons. The minimum atomic E-state index is -0.416. The topological polar surface area (TPSA) is 52.9 Å². The zero-order valence-corrected chi connectivity index (χ0v) is 14.2. The second kappa shape index (κ2) is 5.67. The van der Waals surface area contributed by atoms with E-state index >= 15 is 0 Å². The minimum Gasteiger partial charge on any atom is -0.207 e. The van der Waals surface area contributed by atoms with Gasteiger partial charge in [0.15, 0.2) is 5.36 Å². The van der Waals surface area contributed by atoms with Gasteiger partial charge in [-0.1, -0.05) is 12.1 Å². The molecule has 0 radical (unpaired) electrons. The van der Waals surface area contributed by atoms with E-state index in [-0.39, 0.29) is 0 Å². The van der Waals surface area contributed by atoms with Crippen molar-refractivity contribution < 1.29 is 8.78 Å². The summed E-state index contributed by atoms with van der Waals surface area (Å²) in [6.45, 7) is 7.13. The first-order valence-corrected chi connectivity index (χ1v) is 8.33. The van der Waals surface area contributed by atoms with Crippen LogP contribution < -0.4 is 10.7 Å². The fraction of sp³-hybridized carbons (Fsp3) is 0. The van der Waals surface area contributed by atoms with Crippen LogP contribution in [-0.4, -0.2) is 0 Å². The molecule has 0 aliphatic heterocycles. The number of fused-ring (bicyclic) bond motifs is 6. The van der Waals surface area contributed by atoms with Crippen molar-refractivity contribution in [2.75, 3.05) is 0 Å². The number of rotatable bonds is 0. The lowest BCUT2D eigenvalue weighted by Crippen LogP contribution is -2.00. The van der Waals surface area contributed by atoms with Gasteiger partial charge in [0.1, 0.15) is 11.6 Å². The van der Waals surface area contributed by atoms with E-state index in [0.29, 0.717) is 32.3 Å². The molecule has 0 amide bonds. The summed E-state index contributed by atoms with van der Waals surface area (Å²) in [5.41, 5.74) is 0. The Bertz CT molecular complexity index is 1540. The summed E-state index contributed by atoms with van der Waals surface area (Å²) >= 11 is 0. The predicted molar refractivity (Wildman–Crippen MR) is 102 cm³/mol. The number of hydrogen-bond acceptors (Lipinski definition) is 3. The first-order chi connectivity index (χ1) is 13.6. The fourth-order valence-corrected chi connectivity index (χ4v) is 3.95. The largest absolute Gasteiger partial charge is 0.207 e. The van der Waals surface area contributed by atoms with Gasteiger partial charge >= 0.3 is 0 Å². The Morgan fingerprint density at radius 2 is 1.21 bits per heavy atom. The standard InChI is InChI=1S/C22H8F2N4/c1-26-28-22-18-7-12(24)3-5-14(18)16-8-15-13-4-2-11(23)6-17(13)21(27-10-25)19(15)9-20(16)22/h2-9H/b27-21+,28-22+. The molecule has 0 aromatic heterocycles. The van der Waals surface area contributed by atoms with Gasteiger partial charge in [0.05, 0.1) is 10.5 Å². The summed E-state index contributed by atoms with van der Waals surface area (Å²) in [5, 5.41) is 19.3. The third kappa shape index (κ3) is 2.06. The van der Waals surface area contributed by atoms with Gasteiger partial charge in [-0.25, -0.2) is 8.78 Å². The van der Waals surface area contributed by atoms with E-state index in [9.17, 15) is 8.78 Å². The molecule has 5 aromatic rings. The quantitative estimate of drug-likeness (QED) is 0.225. The van der Waals surface area contributed by atoms with Gasteiger partial charge in [0.25, 0.3) is 0 Å². The van der Waals surface area contributed by atoms with Gasteiger partial charge in [-0.15, -0.1) is 4.95 Å². The number of hydrogen-bond donors (Lipinski definition) is 0. The van der Waals surface area contributed by atoms with Crippen molar-refractivity contribution in [3.8, 4) is 6.19 Å². The van der Waals surface area contributed by atoms with Gasteiger partial charge < -0.3 is 0 Å². The molecular formula is C22H8F2N4. The molecule has 0 aliphatic carbocycles. The van der Waals surface area contributed by atoms with Crippen LogP contribution in [0.25, 0.3) is 48.0 Å². The van der Waals surface area contributed by atoms with E-state index in [0.717, 1.165) is 21.5 Å². The molecular weight excluding hydrogens is 358 g/mol. The van der Waals surface area contributed by atoms with Crippen LogP contribution in [0.1, 0.15) is 0 Å². The summed E-state index contributed by atoms with van der Waals surface area (Å²) in [6, 6.07) is 12.5. The second-order valence-electron chi connectivity index (χ2n) is 6.43. The molecule has 5 aromatic carbocycles. The SMILES string of the molecule is [C-]#[N+]/N=c1\c2cc(F)ccc2c2cc3c(cc12)/c(=N/C#N)c1cc(F)ccc13. The predicted octanol–water partition coefficient (Wildman–Crippen LogP) is 4.57. The highest BCUT2D eigenvalue weighted by molar-refractivity contribution is 6.21. The zero-order valence-electron chi connectivity index (χ0n) is 14.2. The maximum atomic E-state index is 13.8. The molecule has 28 heavy (non-hydrogen) atoms. The summed E-state index contributed by atoms with van der Waals surface area (Å²) in [5.74, 6) is -0.829. The second-order valence-corrected chi connectivity index (χ2v) is 6.43. The summed E-state index contributed by atoms with van der Waals surface area (Å²) in [6.07, 6.45) is 1.78. The van der Waals surface area contributed by atoms with E-state index in [2.05, 4.69) is 15.0 Å². The van der Waals surface area contributed by atoms with Crippen LogP contribution in [-0.2, 0) is 0 Å². The van der Waals surface area contributed by atoms with E-state index in [1.54, 1.807) is 24.4 Å². The Morgan fingerprint density at radius 3 is 1.79 bits per heavy atom. The normalized spacial score (nSPS) is 13.0. The zero-order chi connectivity index (χ0) is 19.4. The van der Waals surface area contributed by atoms with Crippen molar-refractivity contribution in [3.05, 3.63) is 82.4 Å². The summed E-state index contributed by atoms with van der Waals surface area (Å²) < 4.78 is 27.6. The highest BCUT2D eigenvalue weighted by atomic mass is 19.1. The molecule has 0 saturated carbocycles. The van der Waals surface area contributed by atoms with Crippen LogP contribution in [0.5, 0.6) is 0 Å². The average molecular weight is 366 g/mol. The Kier molecular flexibility index (Phi) is 3.25. The molecule has 6 heteroatoms. The number of nitriles is 1. The Balaban J connectivity index is 2.12. The minimum absolute atomic E-state index is 0.374. The monoisotopic (exact) mass is 366 g/mol. The van der Waals surface area contributed by atoms with Crippen LogP contribution in [0.3, 0.4) is 0 Å². The van der Waals surface area contributed by atoms with E-state index < -0.39 is 11.6 Å². The highest BCUT2D eigenvalue weighted by Gasteiger charge is 2.16. The van der Waals surface area contributed by atoms with Gasteiger partial charge in [-0.05, 0) is 57.9 Å². The molecule has 4 nitrogen and oxygen atoms in total. The lowest BCUT2D eigenvalue weighted by molar-refractivity contribution is 0.629. The Morgan fingerprint density at radius 1 is 0.714 bits per heavy atom. The molecule has 0 bridgehead atoms. The number of halogens is 2. The van der Waals surface area contributed by atoms with E-state index in [4.69, 9.17) is 11.8 Å². The lowest BCUT2D eigenvalue weighted by Gasteiger charge is -1.96. The third-order valence-electron chi connectivity index (χ3n) is 5.03. The lowest BCUT2D eigenvalue weighted by atomic mass is 10.1. The molecule has 0 aliphatic rings. The molecule has 0 spiro atoms. The molecule has 0 saturated heterocycles. The van der Waals surface area contributed by atoms with Gasteiger partial charge in [0.2, 0.25) is 6.19 Å². The van der Waals surface area contributed by atoms with Crippen molar-refractivity contribution in [2.45, 2.75) is 0 Å². The molecule has 5 rings (SSSR count). The summed E-state index contributed by atoms with van der Waals surface area (Å²) in [4.78, 5) is 7.03. The van der Waals surface area contributed by atoms with Crippen LogP contribution >= 0.6 is 0 Å². The van der Waals surface area contributed by atoms with Crippen molar-refractivity contribution in [1.82, 2.24) is 0 Å². The first kappa shape index (κ1) is 16.0. The van der Waals surface area contributed by atoms with Crippen molar-refractivity contribution in [1.29, 1.82) is 5.26 Å². The van der Waals surface area contributed by atoms with Crippen molar-refractivity contribution in [3.63, 3.8) is 0 Å². The van der Waals surface area contributed by atoms with E-state index in [1.807, 2.05) is 6.07 Å². The Labute approximate surface area is 156 Å². The molecule has 0 heterocycles. The smallest absolute Gasteiger partial charge is 0.206 e. The summed E-state index contributed by atoms with van der Waals surface area (Å²) in [7, 11) is 0. The van der Waals surface area contributed by atoms with Gasteiger partial charge in [0, 0.05) is 21.5 Å². The number of nitrogens with zero attached hydrogens (tertiary/aromatic N) is 4. The molecule has 0 atom stereocenters. The molecule has 0 N–H and O–H groups in total. The van der Waals surface area contributed by atoms with Crippen LogP contribution in [0, 0.1) is 29.7 Å². The average Bonchev–Trinajstić information content (AvgIpc) is 3.13. The first-order valence-electron chi connectivity index (χ1n) is 8.33. The third-order valence-corrected chi connectivity index (χ3v) is 5.03. The fourth-order valence-electron chi connectivity index (χ4n) is 3.95. The van der Waals surface area contributed by atoms with Crippen molar-refractivity contribution in [2.24, 2.45) is 10.1 Å². The van der Waals surface area contributed by atoms with Gasteiger partial charge in [-0.2, -0.15) is 16.8 Å². The highest BCUT2D eigenvalue weighted by Crippen LogP contribution is 2.32. The van der Waals surface area contributed by atoms with Crippen LogP contribution in [0.15, 0.2) is 58.6 Å². The molecule has 0 unspecified atom stereocenters. The van der Waals surface area contributed by atoms with Crippen LogP contribution in [0.2, 0.25) is 0 Å².